The predicted octanol–water partition coefficient (Wildman–Crippen LogP) is 2.38. The molecule has 1 amide bonds. The Morgan fingerprint density at radius 2 is 1.96 bits per heavy atom. The molecule has 5 nitrogen and oxygen atoms in total. The zero-order chi connectivity index (χ0) is 17.2. The van der Waals surface area contributed by atoms with Gasteiger partial charge in [-0.25, -0.2) is 4.39 Å². The van der Waals surface area contributed by atoms with E-state index in [0.717, 1.165) is 5.56 Å². The number of halogens is 1. The van der Waals surface area contributed by atoms with E-state index in [1.807, 2.05) is 6.07 Å². The van der Waals surface area contributed by atoms with Crippen molar-refractivity contribution < 1.29 is 18.7 Å². The molecule has 0 saturated carbocycles. The minimum Gasteiger partial charge on any atom is -0.486 e. The lowest BCUT2D eigenvalue weighted by atomic mass is 10.0. The van der Waals surface area contributed by atoms with Gasteiger partial charge in [-0.2, -0.15) is 0 Å². The van der Waals surface area contributed by atoms with Gasteiger partial charge in [0.05, 0.1) is 6.04 Å². The van der Waals surface area contributed by atoms with Crippen molar-refractivity contribution in [2.75, 3.05) is 32.8 Å². The topological polar surface area (TPSA) is 50.8 Å². The smallest absolute Gasteiger partial charge is 0.254 e. The summed E-state index contributed by atoms with van der Waals surface area (Å²) < 4.78 is 24.7. The average Bonchev–Trinajstić information content (AvgIpc) is 2.67. The molecule has 1 saturated heterocycles. The van der Waals surface area contributed by atoms with Gasteiger partial charge in [0, 0.05) is 25.2 Å². The van der Waals surface area contributed by atoms with Gasteiger partial charge < -0.3 is 19.7 Å². The van der Waals surface area contributed by atoms with Crippen LogP contribution in [0.15, 0.2) is 42.5 Å². The van der Waals surface area contributed by atoms with E-state index < -0.39 is 0 Å². The Morgan fingerprint density at radius 1 is 1.12 bits per heavy atom. The molecule has 0 bridgehead atoms. The summed E-state index contributed by atoms with van der Waals surface area (Å²) in [4.78, 5) is 14.9. The molecule has 1 N–H and O–H groups in total. The maximum atomic E-state index is 13.6. The van der Waals surface area contributed by atoms with E-state index in [4.69, 9.17) is 9.47 Å². The number of hydrogen-bond acceptors (Lipinski definition) is 4. The molecule has 2 aliphatic heterocycles. The number of ether oxygens (including phenoxy) is 2. The summed E-state index contributed by atoms with van der Waals surface area (Å²) in [5.74, 6) is 0.863. The lowest BCUT2D eigenvalue weighted by Crippen LogP contribution is -2.48. The molecule has 2 aliphatic rings. The Labute approximate surface area is 145 Å². The van der Waals surface area contributed by atoms with Crippen molar-refractivity contribution in [2.24, 2.45) is 0 Å². The minimum absolute atomic E-state index is 0.0901. The van der Waals surface area contributed by atoms with E-state index in [1.54, 1.807) is 29.2 Å². The van der Waals surface area contributed by atoms with E-state index >= 15 is 0 Å². The van der Waals surface area contributed by atoms with Crippen molar-refractivity contribution in [3.63, 3.8) is 0 Å². The van der Waals surface area contributed by atoms with Gasteiger partial charge in [0.2, 0.25) is 0 Å². The molecule has 2 aromatic rings. The van der Waals surface area contributed by atoms with Gasteiger partial charge in [0.15, 0.2) is 11.5 Å². The third-order valence-electron chi connectivity index (χ3n) is 4.53. The van der Waals surface area contributed by atoms with Crippen molar-refractivity contribution in [3.05, 3.63) is 59.4 Å². The first-order valence-electron chi connectivity index (χ1n) is 8.39. The molecule has 0 radical (unpaired) electrons. The van der Waals surface area contributed by atoms with Crippen LogP contribution in [0.1, 0.15) is 22.0 Å². The number of nitrogens with one attached hydrogen (secondary N) is 1. The van der Waals surface area contributed by atoms with Gasteiger partial charge in [-0.1, -0.05) is 12.1 Å². The van der Waals surface area contributed by atoms with Gasteiger partial charge in [0.25, 0.3) is 5.91 Å². The zero-order valence-corrected chi connectivity index (χ0v) is 13.7. The third kappa shape index (κ3) is 3.17. The molecule has 4 rings (SSSR count). The van der Waals surface area contributed by atoms with Crippen LogP contribution in [0, 0.1) is 5.82 Å². The van der Waals surface area contributed by atoms with Crippen LogP contribution >= 0.6 is 0 Å². The number of carbonyl (C=O) groups is 1. The number of nitrogens with zero attached hydrogens (tertiary/aromatic N) is 1. The summed E-state index contributed by atoms with van der Waals surface area (Å²) in [5.41, 5.74) is 1.34. The number of piperazine rings is 1. The van der Waals surface area contributed by atoms with E-state index in [0.29, 0.717) is 49.9 Å². The average molecular weight is 342 g/mol. The number of hydrogen-bond donors (Lipinski definition) is 1. The van der Waals surface area contributed by atoms with Crippen molar-refractivity contribution in [1.29, 1.82) is 0 Å². The molecule has 130 valence electrons. The molecular weight excluding hydrogens is 323 g/mol. The zero-order valence-electron chi connectivity index (χ0n) is 13.7. The number of rotatable bonds is 2. The highest BCUT2D eigenvalue weighted by molar-refractivity contribution is 5.95. The molecule has 1 fully saturated rings. The Bertz CT molecular complexity index is 796. The Balaban J connectivity index is 1.63. The van der Waals surface area contributed by atoms with E-state index in [2.05, 4.69) is 5.32 Å². The first kappa shape index (κ1) is 15.9. The van der Waals surface area contributed by atoms with Gasteiger partial charge in [-0.15, -0.1) is 0 Å². The number of carbonyl (C=O) groups excluding carboxylic acids is 1. The van der Waals surface area contributed by atoms with Gasteiger partial charge in [0.1, 0.15) is 19.0 Å². The molecule has 6 heteroatoms. The van der Waals surface area contributed by atoms with E-state index in [-0.39, 0.29) is 17.8 Å². The summed E-state index contributed by atoms with van der Waals surface area (Å²) in [6.45, 7) is 2.86. The summed E-state index contributed by atoms with van der Waals surface area (Å²) in [7, 11) is 0. The molecule has 0 aliphatic carbocycles. The summed E-state index contributed by atoms with van der Waals surface area (Å²) in [5, 5.41) is 3.28. The molecule has 1 atom stereocenters. The highest BCUT2D eigenvalue weighted by Gasteiger charge is 2.29. The Hall–Kier alpha value is -2.60. The van der Waals surface area contributed by atoms with Crippen LogP contribution in [0.2, 0.25) is 0 Å². The van der Waals surface area contributed by atoms with Gasteiger partial charge in [-0.3, -0.25) is 4.79 Å². The van der Waals surface area contributed by atoms with Crippen LogP contribution in [0.5, 0.6) is 11.5 Å². The number of benzene rings is 2. The second-order valence-corrected chi connectivity index (χ2v) is 6.13. The van der Waals surface area contributed by atoms with Crippen LogP contribution in [0.25, 0.3) is 0 Å². The molecular formula is C19H19FN2O3. The van der Waals surface area contributed by atoms with Gasteiger partial charge >= 0.3 is 0 Å². The van der Waals surface area contributed by atoms with E-state index in [9.17, 15) is 9.18 Å². The SMILES string of the molecule is O=C(c1ccc2c(c1)OCCO2)N1CCNCC1c1cccc(F)c1. The van der Waals surface area contributed by atoms with E-state index in [1.165, 1.54) is 12.1 Å². The second-order valence-electron chi connectivity index (χ2n) is 6.13. The summed E-state index contributed by atoms with van der Waals surface area (Å²) in [6.07, 6.45) is 0. The minimum atomic E-state index is -0.296. The largest absolute Gasteiger partial charge is 0.486 e. The van der Waals surface area contributed by atoms with Crippen LogP contribution in [-0.2, 0) is 0 Å². The fourth-order valence-corrected chi connectivity index (χ4v) is 3.30. The fraction of sp³-hybridized carbons (Fsp3) is 0.316. The molecule has 0 aromatic heterocycles. The fourth-order valence-electron chi connectivity index (χ4n) is 3.30. The summed E-state index contributed by atoms with van der Waals surface area (Å²) >= 11 is 0. The normalized spacial score (nSPS) is 19.6. The quantitative estimate of drug-likeness (QED) is 0.910. The molecule has 1 unspecified atom stereocenters. The van der Waals surface area contributed by atoms with Crippen LogP contribution in [0.3, 0.4) is 0 Å². The highest BCUT2D eigenvalue weighted by Crippen LogP contribution is 2.32. The maximum Gasteiger partial charge on any atom is 0.254 e. The molecule has 25 heavy (non-hydrogen) atoms. The third-order valence-corrected chi connectivity index (χ3v) is 4.53. The number of amides is 1. The first-order chi connectivity index (χ1) is 12.2. The Morgan fingerprint density at radius 3 is 2.80 bits per heavy atom. The predicted molar refractivity (Wildman–Crippen MR) is 90.5 cm³/mol. The highest BCUT2D eigenvalue weighted by atomic mass is 19.1. The van der Waals surface area contributed by atoms with Crippen molar-refractivity contribution >= 4 is 5.91 Å². The maximum absolute atomic E-state index is 13.6. The monoisotopic (exact) mass is 342 g/mol. The first-order valence-corrected chi connectivity index (χ1v) is 8.39. The standard InChI is InChI=1S/C19H19FN2O3/c20-15-3-1-2-13(10-15)16-12-21-6-7-22(16)19(23)14-4-5-17-18(11-14)25-9-8-24-17/h1-5,10-11,16,21H,6-9,12H2. The lowest BCUT2D eigenvalue weighted by molar-refractivity contribution is 0.0633. The molecule has 0 spiro atoms. The van der Waals surface area contributed by atoms with Crippen LogP contribution in [-0.4, -0.2) is 43.7 Å². The van der Waals surface area contributed by atoms with Crippen molar-refractivity contribution in [3.8, 4) is 11.5 Å². The van der Waals surface area contributed by atoms with Crippen LogP contribution in [0.4, 0.5) is 4.39 Å². The van der Waals surface area contributed by atoms with Gasteiger partial charge in [-0.05, 0) is 35.9 Å². The van der Waals surface area contributed by atoms with Crippen LogP contribution < -0.4 is 14.8 Å². The lowest BCUT2D eigenvalue weighted by Gasteiger charge is -2.36. The Kier molecular flexibility index (Phi) is 4.28. The molecule has 2 heterocycles. The second kappa shape index (κ2) is 6.72. The van der Waals surface area contributed by atoms with Crippen molar-refractivity contribution in [1.82, 2.24) is 10.2 Å². The van der Waals surface area contributed by atoms with Crippen molar-refractivity contribution in [2.45, 2.75) is 6.04 Å². The number of fused-ring (bicyclic) bond motifs is 1. The molecule has 2 aromatic carbocycles. The summed E-state index contributed by atoms with van der Waals surface area (Å²) in [6, 6.07) is 11.5.